The predicted octanol–water partition coefficient (Wildman–Crippen LogP) is 3.29. The Hall–Kier alpha value is -1.55. The average molecular weight is 476 g/mol. The number of phenolic OH excluding ortho intramolecular Hbond substituents is 1. The second-order valence-corrected chi connectivity index (χ2v) is 6.29. The zero-order valence-electron chi connectivity index (χ0n) is 14.7. The predicted molar refractivity (Wildman–Crippen MR) is 113 cm³/mol. The Kier molecular flexibility index (Phi) is 9.58. The van der Waals surface area contributed by atoms with E-state index in [0.29, 0.717) is 30.4 Å². The number of guanidine groups is 1. The standard InChI is InChI=1S/C17H24N4O2S.HI/c1-4-13-10-19-15(24-13)11-21-17(18-5-2)20-9-12-7-6-8-14(23-3)16(12)22;/h6-8,10,22H,4-5,9,11H2,1-3H3,(H2,18,20,21);1H. The summed E-state index contributed by atoms with van der Waals surface area (Å²) in [6.45, 7) is 5.88. The van der Waals surface area contributed by atoms with Crippen LogP contribution in [-0.4, -0.2) is 29.7 Å². The fourth-order valence-corrected chi connectivity index (χ4v) is 2.92. The number of benzene rings is 1. The van der Waals surface area contributed by atoms with Gasteiger partial charge in [-0.1, -0.05) is 19.1 Å². The number of ether oxygens (including phenoxy) is 1. The van der Waals surface area contributed by atoms with Crippen molar-refractivity contribution in [3.63, 3.8) is 0 Å². The summed E-state index contributed by atoms with van der Waals surface area (Å²) in [6.07, 6.45) is 2.92. The molecule has 0 saturated carbocycles. The minimum atomic E-state index is 0. The molecule has 25 heavy (non-hydrogen) atoms. The number of hydrogen-bond donors (Lipinski definition) is 3. The summed E-state index contributed by atoms with van der Waals surface area (Å²) in [5.74, 6) is 1.27. The summed E-state index contributed by atoms with van der Waals surface area (Å²) in [4.78, 5) is 10.2. The number of methoxy groups -OCH3 is 1. The molecule has 1 aromatic heterocycles. The fraction of sp³-hybridized carbons (Fsp3) is 0.412. The highest BCUT2D eigenvalue weighted by atomic mass is 127. The largest absolute Gasteiger partial charge is 0.504 e. The van der Waals surface area contributed by atoms with Gasteiger partial charge >= 0.3 is 0 Å². The van der Waals surface area contributed by atoms with Gasteiger partial charge in [-0.2, -0.15) is 0 Å². The Morgan fingerprint density at radius 3 is 2.76 bits per heavy atom. The molecule has 0 spiro atoms. The molecule has 0 aliphatic carbocycles. The molecule has 0 aliphatic heterocycles. The van der Waals surface area contributed by atoms with Gasteiger partial charge in [0.25, 0.3) is 0 Å². The maximum Gasteiger partial charge on any atom is 0.191 e. The first-order valence-corrected chi connectivity index (χ1v) is 8.80. The van der Waals surface area contributed by atoms with Gasteiger partial charge in [-0.25, -0.2) is 9.98 Å². The van der Waals surface area contributed by atoms with Crippen LogP contribution in [0.2, 0.25) is 0 Å². The van der Waals surface area contributed by atoms with E-state index >= 15 is 0 Å². The normalized spacial score (nSPS) is 10.9. The number of halogens is 1. The second-order valence-electron chi connectivity index (χ2n) is 5.09. The van der Waals surface area contributed by atoms with E-state index in [1.165, 1.54) is 12.0 Å². The van der Waals surface area contributed by atoms with Gasteiger partial charge in [-0.15, -0.1) is 35.3 Å². The van der Waals surface area contributed by atoms with Gasteiger partial charge in [-0.3, -0.25) is 0 Å². The van der Waals surface area contributed by atoms with Crippen LogP contribution in [0.5, 0.6) is 11.5 Å². The lowest BCUT2D eigenvalue weighted by Gasteiger charge is -2.11. The number of phenols is 1. The third-order valence-electron chi connectivity index (χ3n) is 3.41. The van der Waals surface area contributed by atoms with E-state index in [2.05, 4.69) is 27.5 Å². The number of aromatic hydroxyl groups is 1. The average Bonchev–Trinajstić information content (AvgIpc) is 3.06. The third kappa shape index (κ3) is 6.35. The first-order chi connectivity index (χ1) is 11.7. The van der Waals surface area contributed by atoms with Crippen molar-refractivity contribution in [1.82, 2.24) is 15.6 Å². The number of rotatable bonds is 7. The number of aromatic nitrogens is 1. The number of para-hydroxylation sites is 1. The van der Waals surface area contributed by atoms with Crippen molar-refractivity contribution in [3.05, 3.63) is 39.8 Å². The van der Waals surface area contributed by atoms with Gasteiger partial charge in [0.15, 0.2) is 17.5 Å². The van der Waals surface area contributed by atoms with Crippen molar-refractivity contribution in [3.8, 4) is 11.5 Å². The Balaban J connectivity index is 0.00000312. The van der Waals surface area contributed by atoms with Gasteiger partial charge in [0.2, 0.25) is 0 Å². The number of aryl methyl sites for hydroxylation is 1. The summed E-state index contributed by atoms with van der Waals surface area (Å²) in [7, 11) is 1.53. The number of nitrogens with one attached hydrogen (secondary N) is 2. The van der Waals surface area contributed by atoms with E-state index in [1.807, 2.05) is 25.3 Å². The SMILES string of the molecule is CCNC(=NCc1cccc(OC)c1O)NCc1ncc(CC)s1.I. The van der Waals surface area contributed by atoms with Gasteiger partial charge in [0.1, 0.15) is 5.01 Å². The van der Waals surface area contributed by atoms with Crippen LogP contribution in [0, 0.1) is 0 Å². The first-order valence-electron chi connectivity index (χ1n) is 7.98. The molecular formula is C17H25IN4O2S. The number of thiazole rings is 1. The molecule has 3 N–H and O–H groups in total. The van der Waals surface area contributed by atoms with Crippen molar-refractivity contribution < 1.29 is 9.84 Å². The molecule has 0 fully saturated rings. The third-order valence-corrected chi connectivity index (χ3v) is 4.55. The van der Waals surface area contributed by atoms with Crippen molar-refractivity contribution in [2.24, 2.45) is 4.99 Å². The lowest BCUT2D eigenvalue weighted by Crippen LogP contribution is -2.36. The zero-order chi connectivity index (χ0) is 17.4. The molecule has 0 unspecified atom stereocenters. The van der Waals surface area contributed by atoms with Crippen LogP contribution in [0.15, 0.2) is 29.4 Å². The summed E-state index contributed by atoms with van der Waals surface area (Å²) in [5.41, 5.74) is 0.717. The summed E-state index contributed by atoms with van der Waals surface area (Å²) in [6, 6.07) is 5.39. The summed E-state index contributed by atoms with van der Waals surface area (Å²) >= 11 is 1.70. The molecule has 138 valence electrons. The van der Waals surface area contributed by atoms with Gasteiger partial charge in [0.05, 0.1) is 20.2 Å². The highest BCUT2D eigenvalue weighted by molar-refractivity contribution is 14.0. The van der Waals surface area contributed by atoms with Crippen molar-refractivity contribution in [2.45, 2.75) is 33.4 Å². The first kappa shape index (κ1) is 21.5. The maximum absolute atomic E-state index is 10.1. The molecule has 0 atom stereocenters. The highest BCUT2D eigenvalue weighted by Crippen LogP contribution is 2.29. The number of nitrogens with zero attached hydrogens (tertiary/aromatic N) is 2. The Morgan fingerprint density at radius 2 is 2.12 bits per heavy atom. The van der Waals surface area contributed by atoms with Gasteiger partial charge in [0, 0.05) is 23.2 Å². The van der Waals surface area contributed by atoms with E-state index in [-0.39, 0.29) is 29.7 Å². The lowest BCUT2D eigenvalue weighted by atomic mass is 10.2. The molecule has 0 saturated heterocycles. The van der Waals surface area contributed by atoms with E-state index in [1.54, 1.807) is 17.4 Å². The van der Waals surface area contributed by atoms with Crippen molar-refractivity contribution in [2.75, 3.05) is 13.7 Å². The molecule has 0 bridgehead atoms. The molecule has 0 aliphatic rings. The van der Waals surface area contributed by atoms with Crippen molar-refractivity contribution in [1.29, 1.82) is 0 Å². The smallest absolute Gasteiger partial charge is 0.191 e. The molecule has 0 radical (unpaired) electrons. The molecule has 8 heteroatoms. The Labute approximate surface area is 169 Å². The Bertz CT molecular complexity index is 691. The molecule has 6 nitrogen and oxygen atoms in total. The maximum atomic E-state index is 10.1. The van der Waals surface area contributed by atoms with Crippen LogP contribution in [0.25, 0.3) is 0 Å². The topological polar surface area (TPSA) is 78.8 Å². The van der Waals surface area contributed by atoms with Crippen LogP contribution in [0.1, 0.15) is 29.3 Å². The van der Waals surface area contributed by atoms with Crippen LogP contribution >= 0.6 is 35.3 Å². The number of hydrogen-bond acceptors (Lipinski definition) is 5. The molecule has 2 aromatic rings. The van der Waals surface area contributed by atoms with Gasteiger partial charge < -0.3 is 20.5 Å². The zero-order valence-corrected chi connectivity index (χ0v) is 17.9. The quantitative estimate of drug-likeness (QED) is 0.325. The molecule has 0 amide bonds. The second kappa shape index (κ2) is 11.1. The highest BCUT2D eigenvalue weighted by Gasteiger charge is 2.07. The van der Waals surface area contributed by atoms with Crippen molar-refractivity contribution >= 4 is 41.3 Å². The van der Waals surface area contributed by atoms with Crippen LogP contribution < -0.4 is 15.4 Å². The lowest BCUT2D eigenvalue weighted by molar-refractivity contribution is 0.370. The van der Waals surface area contributed by atoms with E-state index in [4.69, 9.17) is 4.74 Å². The van der Waals surface area contributed by atoms with E-state index < -0.39 is 0 Å². The Morgan fingerprint density at radius 1 is 1.32 bits per heavy atom. The minimum Gasteiger partial charge on any atom is -0.504 e. The summed E-state index contributed by atoms with van der Waals surface area (Å²) in [5, 5.41) is 17.6. The summed E-state index contributed by atoms with van der Waals surface area (Å²) < 4.78 is 5.12. The van der Waals surface area contributed by atoms with Crippen LogP contribution in [0.4, 0.5) is 0 Å². The molecule has 1 heterocycles. The molecule has 1 aromatic carbocycles. The molecule has 2 rings (SSSR count). The van der Waals surface area contributed by atoms with E-state index in [9.17, 15) is 5.11 Å². The van der Waals surface area contributed by atoms with Crippen LogP contribution in [-0.2, 0) is 19.5 Å². The van der Waals surface area contributed by atoms with Gasteiger partial charge in [-0.05, 0) is 19.4 Å². The van der Waals surface area contributed by atoms with E-state index in [0.717, 1.165) is 18.0 Å². The van der Waals surface area contributed by atoms with Crippen LogP contribution in [0.3, 0.4) is 0 Å². The fourth-order valence-electron chi connectivity index (χ4n) is 2.12. The minimum absolute atomic E-state index is 0. The monoisotopic (exact) mass is 476 g/mol. The number of aliphatic imine (C=N–C) groups is 1. The molecular weight excluding hydrogens is 451 g/mol.